The Balaban J connectivity index is 2.14. The molecule has 114 valence electrons. The summed E-state index contributed by atoms with van der Waals surface area (Å²) >= 11 is 0. The lowest BCUT2D eigenvalue weighted by Gasteiger charge is -2.25. The Labute approximate surface area is 133 Å². The molecular weight excluding hydrogens is 290 g/mol. The molecule has 4 nitrogen and oxygen atoms in total. The van der Waals surface area contributed by atoms with Crippen LogP contribution in [0.25, 0.3) is 0 Å². The van der Waals surface area contributed by atoms with E-state index in [0.29, 0.717) is 0 Å². The first-order valence-corrected chi connectivity index (χ1v) is 7.13. The normalized spacial score (nSPS) is 10.3. The lowest BCUT2D eigenvalue weighted by Crippen LogP contribution is -2.10. The zero-order valence-electron chi connectivity index (χ0n) is 12.3. The Morgan fingerprint density at radius 3 is 2.00 bits per heavy atom. The summed E-state index contributed by atoms with van der Waals surface area (Å²) in [6.45, 7) is 0. The van der Waals surface area contributed by atoms with Crippen LogP contribution in [-0.4, -0.2) is 16.2 Å². The van der Waals surface area contributed by atoms with Gasteiger partial charge < -0.3 is 15.1 Å². The van der Waals surface area contributed by atoms with Gasteiger partial charge in [-0.3, -0.25) is 0 Å². The highest BCUT2D eigenvalue weighted by molar-refractivity contribution is 5.90. The number of phenolic OH excluding ortho intramolecular Hbond substituents is 1. The molecule has 0 fully saturated rings. The van der Waals surface area contributed by atoms with Crippen molar-refractivity contribution in [3.63, 3.8) is 0 Å². The van der Waals surface area contributed by atoms with E-state index in [-0.39, 0.29) is 11.3 Å². The number of nitrogens with zero attached hydrogens (tertiary/aromatic N) is 1. The van der Waals surface area contributed by atoms with Crippen LogP contribution >= 0.6 is 0 Å². The first kappa shape index (κ1) is 14.7. The fourth-order valence-corrected chi connectivity index (χ4v) is 2.40. The van der Waals surface area contributed by atoms with Crippen molar-refractivity contribution in [2.45, 2.75) is 0 Å². The predicted octanol–water partition coefficient (Wildman–Crippen LogP) is 4.56. The summed E-state index contributed by atoms with van der Waals surface area (Å²) < 4.78 is 0. The minimum Gasteiger partial charge on any atom is -0.508 e. The van der Waals surface area contributed by atoms with E-state index in [0.717, 1.165) is 17.1 Å². The van der Waals surface area contributed by atoms with Crippen molar-refractivity contribution >= 4 is 23.0 Å². The van der Waals surface area contributed by atoms with Gasteiger partial charge in [0.2, 0.25) is 0 Å². The maximum atomic E-state index is 11.2. The number of phenols is 1. The topological polar surface area (TPSA) is 60.8 Å². The summed E-state index contributed by atoms with van der Waals surface area (Å²) in [5, 5.41) is 18.7. The molecule has 0 saturated heterocycles. The van der Waals surface area contributed by atoms with Gasteiger partial charge in [0.15, 0.2) is 0 Å². The van der Waals surface area contributed by atoms with Crippen molar-refractivity contribution < 1.29 is 15.0 Å². The standard InChI is InChI=1S/C19H15NO3/c21-18-11-9-16(10-12-18)20(15-6-2-1-3-7-15)17-8-4-5-14(13-17)19(22)23/h1-13,21H,(H,22,23). The number of hydrogen-bond donors (Lipinski definition) is 2. The third-order valence-corrected chi connectivity index (χ3v) is 3.47. The lowest BCUT2D eigenvalue weighted by atomic mass is 10.1. The molecule has 0 heterocycles. The van der Waals surface area contributed by atoms with Gasteiger partial charge in [0, 0.05) is 17.1 Å². The first-order chi connectivity index (χ1) is 11.1. The SMILES string of the molecule is O=C(O)c1cccc(N(c2ccccc2)c2ccc(O)cc2)c1. The molecule has 0 aliphatic rings. The summed E-state index contributed by atoms with van der Waals surface area (Å²) in [6.07, 6.45) is 0. The van der Waals surface area contributed by atoms with Gasteiger partial charge >= 0.3 is 5.97 Å². The van der Waals surface area contributed by atoms with E-state index in [1.807, 2.05) is 41.3 Å². The summed E-state index contributed by atoms with van der Waals surface area (Å²) in [5.41, 5.74) is 2.70. The van der Waals surface area contributed by atoms with Gasteiger partial charge in [0.25, 0.3) is 0 Å². The van der Waals surface area contributed by atoms with Crippen LogP contribution in [0.5, 0.6) is 5.75 Å². The van der Waals surface area contributed by atoms with E-state index in [1.165, 1.54) is 0 Å². The molecule has 0 aliphatic heterocycles. The van der Waals surface area contributed by atoms with E-state index in [1.54, 1.807) is 42.5 Å². The molecule has 3 aromatic carbocycles. The molecule has 0 aliphatic carbocycles. The summed E-state index contributed by atoms with van der Waals surface area (Å²) in [7, 11) is 0. The summed E-state index contributed by atoms with van der Waals surface area (Å²) in [4.78, 5) is 13.2. The van der Waals surface area contributed by atoms with Crippen LogP contribution in [0.2, 0.25) is 0 Å². The number of para-hydroxylation sites is 1. The quantitative estimate of drug-likeness (QED) is 0.741. The van der Waals surface area contributed by atoms with E-state index in [9.17, 15) is 15.0 Å². The minimum absolute atomic E-state index is 0.182. The molecule has 3 aromatic rings. The largest absolute Gasteiger partial charge is 0.508 e. The van der Waals surface area contributed by atoms with Crippen molar-refractivity contribution in [3.05, 3.63) is 84.4 Å². The van der Waals surface area contributed by atoms with E-state index >= 15 is 0 Å². The molecule has 0 atom stereocenters. The molecule has 23 heavy (non-hydrogen) atoms. The van der Waals surface area contributed by atoms with Crippen LogP contribution < -0.4 is 4.90 Å². The van der Waals surface area contributed by atoms with Gasteiger partial charge in [-0.25, -0.2) is 4.79 Å². The zero-order chi connectivity index (χ0) is 16.2. The van der Waals surface area contributed by atoms with E-state index in [4.69, 9.17) is 0 Å². The fourth-order valence-electron chi connectivity index (χ4n) is 2.40. The van der Waals surface area contributed by atoms with Crippen molar-refractivity contribution in [3.8, 4) is 5.75 Å². The lowest BCUT2D eigenvalue weighted by molar-refractivity contribution is 0.0697. The summed E-state index contributed by atoms with van der Waals surface area (Å²) in [5.74, 6) is -0.786. The molecule has 4 heteroatoms. The maximum absolute atomic E-state index is 11.2. The van der Waals surface area contributed by atoms with Crippen LogP contribution in [0.4, 0.5) is 17.1 Å². The van der Waals surface area contributed by atoms with Crippen molar-refractivity contribution in [2.75, 3.05) is 4.90 Å². The third-order valence-electron chi connectivity index (χ3n) is 3.47. The van der Waals surface area contributed by atoms with Crippen LogP contribution in [0, 0.1) is 0 Å². The number of carboxylic acids is 1. The number of carbonyl (C=O) groups is 1. The summed E-state index contributed by atoms with van der Waals surface area (Å²) in [6, 6.07) is 23.2. The minimum atomic E-state index is -0.967. The third kappa shape index (κ3) is 3.16. The number of aromatic hydroxyl groups is 1. The van der Waals surface area contributed by atoms with Gasteiger partial charge in [-0.2, -0.15) is 0 Å². The second-order valence-electron chi connectivity index (χ2n) is 5.04. The molecule has 0 aromatic heterocycles. The first-order valence-electron chi connectivity index (χ1n) is 7.13. The van der Waals surface area contributed by atoms with E-state index in [2.05, 4.69) is 0 Å². The average molecular weight is 305 g/mol. The Bertz CT molecular complexity index is 814. The Morgan fingerprint density at radius 2 is 1.35 bits per heavy atom. The molecule has 0 amide bonds. The van der Waals surface area contributed by atoms with Gasteiger partial charge in [0.05, 0.1) is 5.56 Å². The number of hydrogen-bond acceptors (Lipinski definition) is 3. The maximum Gasteiger partial charge on any atom is 0.335 e. The van der Waals surface area contributed by atoms with Crippen molar-refractivity contribution in [1.29, 1.82) is 0 Å². The average Bonchev–Trinajstić information content (AvgIpc) is 2.58. The Hall–Kier alpha value is -3.27. The molecule has 0 radical (unpaired) electrons. The monoisotopic (exact) mass is 305 g/mol. The number of carboxylic acid groups (broad SMARTS) is 1. The Morgan fingerprint density at radius 1 is 0.739 bits per heavy atom. The number of anilines is 3. The molecule has 0 saturated carbocycles. The predicted molar refractivity (Wildman–Crippen MR) is 89.7 cm³/mol. The van der Waals surface area contributed by atoms with Gasteiger partial charge in [-0.05, 0) is 54.6 Å². The van der Waals surface area contributed by atoms with Crippen LogP contribution in [0.3, 0.4) is 0 Å². The highest BCUT2D eigenvalue weighted by Crippen LogP contribution is 2.35. The highest BCUT2D eigenvalue weighted by atomic mass is 16.4. The van der Waals surface area contributed by atoms with Gasteiger partial charge in [-0.15, -0.1) is 0 Å². The van der Waals surface area contributed by atoms with Crippen LogP contribution in [0.1, 0.15) is 10.4 Å². The van der Waals surface area contributed by atoms with Crippen molar-refractivity contribution in [1.82, 2.24) is 0 Å². The zero-order valence-corrected chi connectivity index (χ0v) is 12.3. The smallest absolute Gasteiger partial charge is 0.335 e. The molecule has 0 unspecified atom stereocenters. The number of rotatable bonds is 4. The second kappa shape index (κ2) is 6.23. The highest BCUT2D eigenvalue weighted by Gasteiger charge is 2.14. The molecular formula is C19H15NO3. The molecule has 3 rings (SSSR count). The molecule has 2 N–H and O–H groups in total. The number of aromatic carboxylic acids is 1. The number of benzene rings is 3. The Kier molecular flexibility index (Phi) is 3.97. The molecule has 0 spiro atoms. The molecule has 0 bridgehead atoms. The van der Waals surface area contributed by atoms with Gasteiger partial charge in [0.1, 0.15) is 5.75 Å². The second-order valence-corrected chi connectivity index (χ2v) is 5.04. The fraction of sp³-hybridized carbons (Fsp3) is 0. The van der Waals surface area contributed by atoms with Crippen LogP contribution in [-0.2, 0) is 0 Å². The van der Waals surface area contributed by atoms with Crippen LogP contribution in [0.15, 0.2) is 78.9 Å². The van der Waals surface area contributed by atoms with Gasteiger partial charge in [-0.1, -0.05) is 24.3 Å². The van der Waals surface area contributed by atoms with Crippen molar-refractivity contribution in [2.24, 2.45) is 0 Å². The van der Waals surface area contributed by atoms with E-state index < -0.39 is 5.97 Å².